The molecule has 0 spiro atoms. The number of halogens is 2. The monoisotopic (exact) mass is 300 g/mol. The molecule has 0 aliphatic carbocycles. The normalized spacial score (nSPS) is 21.6. The van der Waals surface area contributed by atoms with Crippen LogP contribution in [0.25, 0.3) is 0 Å². The zero-order chi connectivity index (χ0) is 13.8. The predicted molar refractivity (Wildman–Crippen MR) is 83.1 cm³/mol. The van der Waals surface area contributed by atoms with E-state index in [9.17, 15) is 0 Å². The van der Waals surface area contributed by atoms with Gasteiger partial charge in [-0.3, -0.25) is 4.90 Å². The summed E-state index contributed by atoms with van der Waals surface area (Å²) in [6, 6.07) is 6.66. The zero-order valence-corrected chi connectivity index (χ0v) is 13.1. The molecular formula is C15H22Cl2N2. The first kappa shape index (κ1) is 15.1. The van der Waals surface area contributed by atoms with Gasteiger partial charge in [0.15, 0.2) is 0 Å². The van der Waals surface area contributed by atoms with Gasteiger partial charge in [0.25, 0.3) is 0 Å². The lowest BCUT2D eigenvalue weighted by molar-refractivity contribution is 0.215. The summed E-state index contributed by atoms with van der Waals surface area (Å²) in [5.41, 5.74) is 1.14. The van der Waals surface area contributed by atoms with E-state index in [0.29, 0.717) is 17.1 Å². The minimum absolute atomic E-state index is 0.300. The molecule has 0 saturated carbocycles. The lowest BCUT2D eigenvalue weighted by atomic mass is 10.0. The van der Waals surface area contributed by atoms with E-state index in [0.717, 1.165) is 23.7 Å². The van der Waals surface area contributed by atoms with Gasteiger partial charge in [-0.2, -0.15) is 0 Å². The highest BCUT2D eigenvalue weighted by atomic mass is 35.5. The highest BCUT2D eigenvalue weighted by Crippen LogP contribution is 2.29. The molecule has 0 aromatic heterocycles. The molecule has 2 nitrogen and oxygen atoms in total. The molecule has 0 amide bonds. The quantitative estimate of drug-likeness (QED) is 0.899. The summed E-state index contributed by atoms with van der Waals surface area (Å²) >= 11 is 12.2. The molecule has 1 aromatic rings. The van der Waals surface area contributed by atoms with E-state index in [2.05, 4.69) is 24.2 Å². The summed E-state index contributed by atoms with van der Waals surface area (Å²) in [5, 5.41) is 5.03. The maximum Gasteiger partial charge on any atom is 0.0468 e. The second-order valence-corrected chi connectivity index (χ2v) is 6.27. The second kappa shape index (κ2) is 6.94. The van der Waals surface area contributed by atoms with Gasteiger partial charge < -0.3 is 5.32 Å². The number of likely N-dealkylation sites (N-methyl/N-ethyl adjacent to an activating group) is 1. The van der Waals surface area contributed by atoms with Gasteiger partial charge in [0.1, 0.15) is 0 Å². The fraction of sp³-hybridized carbons (Fsp3) is 0.600. The number of nitrogens with zero attached hydrogens (tertiary/aromatic N) is 1. The predicted octanol–water partition coefficient (Wildman–Crippen LogP) is 4.13. The fourth-order valence-corrected chi connectivity index (χ4v) is 3.23. The summed E-state index contributed by atoms with van der Waals surface area (Å²) in [4.78, 5) is 2.36. The first-order valence-corrected chi connectivity index (χ1v) is 7.72. The molecule has 1 fully saturated rings. The minimum atomic E-state index is 0.300. The van der Waals surface area contributed by atoms with Crippen LogP contribution < -0.4 is 5.32 Å². The summed E-state index contributed by atoms with van der Waals surface area (Å²) in [7, 11) is 2.16. The lowest BCUT2D eigenvalue weighted by Crippen LogP contribution is -2.43. The Morgan fingerprint density at radius 3 is 2.79 bits per heavy atom. The van der Waals surface area contributed by atoms with Gasteiger partial charge in [0.05, 0.1) is 0 Å². The molecule has 19 heavy (non-hydrogen) atoms. The molecule has 4 heteroatoms. The Bertz CT molecular complexity index is 417. The Kier molecular flexibility index (Phi) is 5.52. The van der Waals surface area contributed by atoms with E-state index in [1.807, 2.05) is 18.2 Å². The molecule has 2 unspecified atom stereocenters. The minimum Gasteiger partial charge on any atom is -0.313 e. The molecule has 1 saturated heterocycles. The zero-order valence-electron chi connectivity index (χ0n) is 11.6. The molecule has 0 bridgehead atoms. The molecule has 2 atom stereocenters. The van der Waals surface area contributed by atoms with Crippen LogP contribution in [0.3, 0.4) is 0 Å². The van der Waals surface area contributed by atoms with Crippen LogP contribution in [-0.2, 0) is 0 Å². The highest BCUT2D eigenvalue weighted by Gasteiger charge is 2.20. The molecule has 2 rings (SSSR count). The maximum atomic E-state index is 6.28. The van der Waals surface area contributed by atoms with Gasteiger partial charge >= 0.3 is 0 Å². The molecule has 1 aromatic carbocycles. The summed E-state index contributed by atoms with van der Waals surface area (Å²) in [6.07, 6.45) is 3.91. The number of hydrogen-bond acceptors (Lipinski definition) is 2. The van der Waals surface area contributed by atoms with E-state index >= 15 is 0 Å². The average Bonchev–Trinajstić information content (AvgIpc) is 2.39. The number of piperidine rings is 1. The van der Waals surface area contributed by atoms with Gasteiger partial charge in [-0.05, 0) is 51.1 Å². The van der Waals surface area contributed by atoms with Crippen LogP contribution in [0.1, 0.15) is 37.8 Å². The van der Waals surface area contributed by atoms with E-state index in [-0.39, 0.29) is 0 Å². The third-order valence-corrected chi connectivity index (χ3v) is 4.56. The number of rotatable bonds is 4. The lowest BCUT2D eigenvalue weighted by Gasteiger charge is -2.32. The Morgan fingerprint density at radius 1 is 1.37 bits per heavy atom. The van der Waals surface area contributed by atoms with E-state index < -0.39 is 0 Å². The SMILES string of the molecule is CC(c1ccc(Cl)cc1Cl)N(C)CC1CCCCN1. The topological polar surface area (TPSA) is 15.3 Å². The van der Waals surface area contributed by atoms with Crippen LogP contribution >= 0.6 is 23.2 Å². The first-order chi connectivity index (χ1) is 9.08. The van der Waals surface area contributed by atoms with Crippen molar-refractivity contribution in [1.29, 1.82) is 0 Å². The van der Waals surface area contributed by atoms with Crippen LogP contribution in [0, 0.1) is 0 Å². The second-order valence-electron chi connectivity index (χ2n) is 5.43. The smallest absolute Gasteiger partial charge is 0.0468 e. The Labute approximate surface area is 126 Å². The van der Waals surface area contributed by atoms with Crippen molar-refractivity contribution in [1.82, 2.24) is 10.2 Å². The van der Waals surface area contributed by atoms with Gasteiger partial charge in [0.2, 0.25) is 0 Å². The van der Waals surface area contributed by atoms with Crippen molar-refractivity contribution < 1.29 is 0 Å². The first-order valence-electron chi connectivity index (χ1n) is 6.96. The van der Waals surface area contributed by atoms with Crippen LogP contribution in [-0.4, -0.2) is 31.1 Å². The van der Waals surface area contributed by atoms with Gasteiger partial charge in [0, 0.05) is 28.7 Å². The van der Waals surface area contributed by atoms with Crippen LogP contribution in [0.15, 0.2) is 18.2 Å². The van der Waals surface area contributed by atoms with E-state index in [4.69, 9.17) is 23.2 Å². The van der Waals surface area contributed by atoms with Crippen molar-refractivity contribution in [3.63, 3.8) is 0 Å². The van der Waals surface area contributed by atoms with Crippen LogP contribution in [0.5, 0.6) is 0 Å². The van der Waals surface area contributed by atoms with Crippen molar-refractivity contribution in [2.75, 3.05) is 20.1 Å². The van der Waals surface area contributed by atoms with E-state index in [1.165, 1.54) is 19.3 Å². The van der Waals surface area contributed by atoms with Crippen LogP contribution in [0.2, 0.25) is 10.0 Å². The van der Waals surface area contributed by atoms with Gasteiger partial charge in [-0.15, -0.1) is 0 Å². The largest absolute Gasteiger partial charge is 0.313 e. The third kappa shape index (κ3) is 4.09. The van der Waals surface area contributed by atoms with Gasteiger partial charge in [-0.25, -0.2) is 0 Å². The fourth-order valence-electron chi connectivity index (χ4n) is 2.66. The van der Waals surface area contributed by atoms with Crippen molar-refractivity contribution in [2.24, 2.45) is 0 Å². The molecule has 1 aliphatic rings. The summed E-state index contributed by atoms with van der Waals surface area (Å²) < 4.78 is 0. The van der Waals surface area contributed by atoms with Crippen molar-refractivity contribution in [2.45, 2.75) is 38.3 Å². The Balaban J connectivity index is 1.99. The number of benzene rings is 1. The third-order valence-electron chi connectivity index (χ3n) is 3.99. The molecular weight excluding hydrogens is 279 g/mol. The van der Waals surface area contributed by atoms with Gasteiger partial charge in [-0.1, -0.05) is 35.7 Å². The van der Waals surface area contributed by atoms with E-state index in [1.54, 1.807) is 0 Å². The highest BCUT2D eigenvalue weighted by molar-refractivity contribution is 6.35. The Hall–Kier alpha value is -0.280. The number of nitrogens with one attached hydrogen (secondary N) is 1. The van der Waals surface area contributed by atoms with Crippen molar-refractivity contribution >= 4 is 23.2 Å². The standard InChI is InChI=1S/C15H22Cl2N2/c1-11(14-7-6-12(16)9-15(14)17)19(2)10-13-5-3-4-8-18-13/h6-7,9,11,13,18H,3-5,8,10H2,1-2H3. The molecule has 1 aliphatic heterocycles. The van der Waals surface area contributed by atoms with Crippen molar-refractivity contribution in [3.8, 4) is 0 Å². The summed E-state index contributed by atoms with van der Waals surface area (Å²) in [6.45, 7) is 4.40. The Morgan fingerprint density at radius 2 is 2.16 bits per heavy atom. The number of hydrogen-bond donors (Lipinski definition) is 1. The molecule has 1 N–H and O–H groups in total. The summed E-state index contributed by atoms with van der Waals surface area (Å²) in [5.74, 6) is 0. The molecule has 0 radical (unpaired) electrons. The molecule has 106 valence electrons. The van der Waals surface area contributed by atoms with Crippen LogP contribution in [0.4, 0.5) is 0 Å². The van der Waals surface area contributed by atoms with Crippen molar-refractivity contribution in [3.05, 3.63) is 33.8 Å². The molecule has 1 heterocycles. The average molecular weight is 301 g/mol. The maximum absolute atomic E-state index is 6.28.